The van der Waals surface area contributed by atoms with Crippen molar-refractivity contribution in [3.05, 3.63) is 12.2 Å². The van der Waals surface area contributed by atoms with Crippen LogP contribution in [0.3, 0.4) is 0 Å². The molecule has 0 aromatic heterocycles. The molecular formula is C10H17N. The topological polar surface area (TPSA) is 26.0 Å². The minimum atomic E-state index is -0.0434. The minimum absolute atomic E-state index is 0.0434. The smallest absolute Gasteiger partial charge is 0.0344 e. The molecule has 3 atom stereocenters. The van der Waals surface area contributed by atoms with Gasteiger partial charge in [-0.25, -0.2) is 0 Å². The zero-order chi connectivity index (χ0) is 8.28. The van der Waals surface area contributed by atoms with E-state index in [-0.39, 0.29) is 5.54 Å². The van der Waals surface area contributed by atoms with Gasteiger partial charge in [0, 0.05) is 5.54 Å². The molecule has 2 bridgehead atoms. The fourth-order valence-corrected chi connectivity index (χ4v) is 2.78. The Kier molecular flexibility index (Phi) is 1.15. The second kappa shape index (κ2) is 1.71. The van der Waals surface area contributed by atoms with E-state index in [0.717, 1.165) is 5.92 Å². The highest BCUT2D eigenvalue weighted by Crippen LogP contribution is 2.58. The summed E-state index contributed by atoms with van der Waals surface area (Å²) in [5, 5.41) is 0. The number of nitrogens with two attached hydrogens (primary N) is 1. The Morgan fingerprint density at radius 1 is 1.36 bits per heavy atom. The first-order valence-corrected chi connectivity index (χ1v) is 4.43. The van der Waals surface area contributed by atoms with Crippen molar-refractivity contribution in [2.75, 3.05) is 0 Å². The first kappa shape index (κ1) is 7.35. The lowest BCUT2D eigenvalue weighted by molar-refractivity contribution is -0.0372. The first-order valence-electron chi connectivity index (χ1n) is 4.43. The standard InChI is InChI=1S/C10H17N/c1-9(2)7-4-5-10(3,11)8(9)6-7/h4-5,7-8H,6,11H2,1-3H3/t7-,8+,10-/m1/s1. The van der Waals surface area contributed by atoms with E-state index in [1.165, 1.54) is 6.42 Å². The summed E-state index contributed by atoms with van der Waals surface area (Å²) in [7, 11) is 0. The van der Waals surface area contributed by atoms with Gasteiger partial charge in [0.2, 0.25) is 0 Å². The van der Waals surface area contributed by atoms with Gasteiger partial charge in [0.15, 0.2) is 0 Å². The molecular weight excluding hydrogens is 134 g/mol. The molecule has 0 heterocycles. The van der Waals surface area contributed by atoms with Gasteiger partial charge in [0.25, 0.3) is 0 Å². The highest BCUT2D eigenvalue weighted by molar-refractivity contribution is 5.24. The van der Waals surface area contributed by atoms with E-state index < -0.39 is 0 Å². The number of hydrogen-bond acceptors (Lipinski definition) is 1. The summed E-state index contributed by atoms with van der Waals surface area (Å²) < 4.78 is 0. The second-order valence-corrected chi connectivity index (χ2v) is 4.94. The van der Waals surface area contributed by atoms with Crippen LogP contribution in [0.4, 0.5) is 0 Å². The highest BCUT2D eigenvalue weighted by Gasteiger charge is 2.55. The van der Waals surface area contributed by atoms with Gasteiger partial charge in [-0.3, -0.25) is 0 Å². The van der Waals surface area contributed by atoms with Crippen molar-refractivity contribution >= 4 is 0 Å². The highest BCUT2D eigenvalue weighted by atomic mass is 14.8. The van der Waals surface area contributed by atoms with Crippen LogP contribution >= 0.6 is 0 Å². The van der Waals surface area contributed by atoms with Gasteiger partial charge in [-0.05, 0) is 30.6 Å². The van der Waals surface area contributed by atoms with Crippen LogP contribution in [0.15, 0.2) is 12.2 Å². The third kappa shape index (κ3) is 0.750. The van der Waals surface area contributed by atoms with E-state index in [2.05, 4.69) is 32.9 Å². The molecule has 3 aliphatic rings. The number of hydrogen-bond donors (Lipinski definition) is 1. The largest absolute Gasteiger partial charge is 0.322 e. The summed E-state index contributed by atoms with van der Waals surface area (Å²) in [4.78, 5) is 0. The molecule has 0 saturated heterocycles. The monoisotopic (exact) mass is 151 g/mol. The van der Waals surface area contributed by atoms with E-state index in [9.17, 15) is 0 Å². The van der Waals surface area contributed by atoms with Crippen LogP contribution in [0.25, 0.3) is 0 Å². The molecule has 3 rings (SSSR count). The maximum absolute atomic E-state index is 6.15. The van der Waals surface area contributed by atoms with Gasteiger partial charge in [0.05, 0.1) is 0 Å². The van der Waals surface area contributed by atoms with Crippen molar-refractivity contribution in [1.82, 2.24) is 0 Å². The molecule has 1 nitrogen and oxygen atoms in total. The molecule has 0 amide bonds. The van der Waals surface area contributed by atoms with Crippen LogP contribution in [0.5, 0.6) is 0 Å². The molecule has 11 heavy (non-hydrogen) atoms. The molecule has 2 N–H and O–H groups in total. The fraction of sp³-hybridized carbons (Fsp3) is 0.800. The lowest BCUT2D eigenvalue weighted by Gasteiger charge is -2.60. The van der Waals surface area contributed by atoms with Crippen LogP contribution in [-0.4, -0.2) is 5.54 Å². The molecule has 1 saturated carbocycles. The Morgan fingerprint density at radius 3 is 2.27 bits per heavy atom. The van der Waals surface area contributed by atoms with Crippen molar-refractivity contribution in [2.45, 2.75) is 32.7 Å². The van der Waals surface area contributed by atoms with Gasteiger partial charge in [-0.1, -0.05) is 26.0 Å². The second-order valence-electron chi connectivity index (χ2n) is 4.94. The summed E-state index contributed by atoms with van der Waals surface area (Å²) in [6.45, 7) is 6.81. The van der Waals surface area contributed by atoms with Gasteiger partial charge in [-0.2, -0.15) is 0 Å². The SMILES string of the molecule is CC1(C)[C@@H]2C=C[C@@](C)(N)[C@H]1C2. The fourth-order valence-electron chi connectivity index (χ4n) is 2.78. The average molecular weight is 151 g/mol. The molecule has 62 valence electrons. The summed E-state index contributed by atoms with van der Waals surface area (Å²) >= 11 is 0. The van der Waals surface area contributed by atoms with Crippen molar-refractivity contribution < 1.29 is 0 Å². The van der Waals surface area contributed by atoms with Crippen molar-refractivity contribution in [3.8, 4) is 0 Å². The molecule has 1 heteroatoms. The predicted molar refractivity (Wildman–Crippen MR) is 47.1 cm³/mol. The Balaban J connectivity index is 2.36. The molecule has 3 aliphatic carbocycles. The van der Waals surface area contributed by atoms with Crippen molar-refractivity contribution in [1.29, 1.82) is 0 Å². The Bertz CT molecular complexity index is 213. The Morgan fingerprint density at radius 2 is 2.00 bits per heavy atom. The molecule has 0 aromatic carbocycles. The van der Waals surface area contributed by atoms with Crippen molar-refractivity contribution in [3.63, 3.8) is 0 Å². The first-order chi connectivity index (χ1) is 4.94. The zero-order valence-electron chi connectivity index (χ0n) is 7.59. The van der Waals surface area contributed by atoms with Gasteiger partial charge in [0.1, 0.15) is 0 Å². The predicted octanol–water partition coefficient (Wildman–Crippen LogP) is 1.94. The molecule has 0 aromatic rings. The summed E-state index contributed by atoms with van der Waals surface area (Å²) in [6.07, 6.45) is 5.80. The van der Waals surface area contributed by atoms with Crippen LogP contribution < -0.4 is 5.73 Å². The maximum atomic E-state index is 6.15. The summed E-state index contributed by atoms with van der Waals surface area (Å²) in [5.74, 6) is 1.49. The zero-order valence-corrected chi connectivity index (χ0v) is 7.59. The van der Waals surface area contributed by atoms with E-state index in [1.54, 1.807) is 0 Å². The normalized spacial score (nSPS) is 52.0. The number of allylic oxidation sites excluding steroid dienone is 1. The molecule has 1 fully saturated rings. The van der Waals surface area contributed by atoms with Crippen LogP contribution in [0.1, 0.15) is 27.2 Å². The Hall–Kier alpha value is -0.300. The van der Waals surface area contributed by atoms with E-state index in [0.29, 0.717) is 11.3 Å². The summed E-state index contributed by atoms with van der Waals surface area (Å²) in [5.41, 5.74) is 6.56. The van der Waals surface area contributed by atoms with Crippen LogP contribution in [0, 0.1) is 17.3 Å². The van der Waals surface area contributed by atoms with E-state index >= 15 is 0 Å². The maximum Gasteiger partial charge on any atom is 0.0344 e. The van der Waals surface area contributed by atoms with Gasteiger partial charge < -0.3 is 5.73 Å². The summed E-state index contributed by atoms with van der Waals surface area (Å²) in [6, 6.07) is 0. The van der Waals surface area contributed by atoms with Crippen LogP contribution in [0.2, 0.25) is 0 Å². The minimum Gasteiger partial charge on any atom is -0.322 e. The third-order valence-corrected chi connectivity index (χ3v) is 3.78. The molecule has 0 unspecified atom stereocenters. The van der Waals surface area contributed by atoms with E-state index in [4.69, 9.17) is 5.73 Å². The average Bonchev–Trinajstić information content (AvgIpc) is 1.84. The molecule has 0 spiro atoms. The third-order valence-electron chi connectivity index (χ3n) is 3.78. The quantitative estimate of drug-likeness (QED) is 0.526. The number of fused-ring (bicyclic) bond motifs is 1. The Labute approximate surface area is 68.7 Å². The lowest BCUT2D eigenvalue weighted by atomic mass is 9.46. The van der Waals surface area contributed by atoms with Gasteiger partial charge in [-0.15, -0.1) is 0 Å². The lowest BCUT2D eigenvalue weighted by Crippen LogP contribution is -2.61. The van der Waals surface area contributed by atoms with Crippen LogP contribution in [-0.2, 0) is 0 Å². The molecule has 0 aliphatic heterocycles. The molecule has 0 radical (unpaired) electrons. The van der Waals surface area contributed by atoms with Gasteiger partial charge >= 0.3 is 0 Å². The van der Waals surface area contributed by atoms with E-state index in [1.807, 2.05) is 0 Å². The number of rotatable bonds is 0. The van der Waals surface area contributed by atoms with Crippen molar-refractivity contribution in [2.24, 2.45) is 23.0 Å².